The van der Waals surface area contributed by atoms with Crippen molar-refractivity contribution in [1.82, 2.24) is 54.4 Å². The molecule has 4 fully saturated rings. The van der Waals surface area contributed by atoms with E-state index in [1.165, 1.54) is 57.8 Å². The van der Waals surface area contributed by atoms with E-state index >= 15 is 19.2 Å². The zero-order valence-electron chi connectivity index (χ0n) is 53.4. The number of nitrogens with one attached hydrogen (secondary N) is 6. The third-order valence-electron chi connectivity index (χ3n) is 20.0. The summed E-state index contributed by atoms with van der Waals surface area (Å²) in [5.74, 6) is 0.639. The summed E-state index contributed by atoms with van der Waals surface area (Å²) in [5, 5.41) is 21.0. The molecule has 2 aromatic heterocycles. The molecule has 4 saturated heterocycles. The monoisotopic (exact) mass is 1220 g/mol. The van der Waals surface area contributed by atoms with Gasteiger partial charge in [0.2, 0.25) is 29.7 Å². The molecule has 474 valence electrons. The van der Waals surface area contributed by atoms with Crippen LogP contribution in [0.3, 0.4) is 0 Å². The molecular formula is C70H91N16O4+. The van der Waals surface area contributed by atoms with Crippen LogP contribution in [0.4, 0.5) is 47.1 Å². The van der Waals surface area contributed by atoms with E-state index in [1.54, 1.807) is 72.8 Å². The average molecular weight is 1220 g/mol. The minimum absolute atomic E-state index is 0.0910. The summed E-state index contributed by atoms with van der Waals surface area (Å²) in [7, 11) is 0. The Morgan fingerprint density at radius 2 is 0.811 bits per heavy atom. The molecule has 0 bridgehead atoms. The molecule has 0 spiro atoms. The lowest BCUT2D eigenvalue weighted by Gasteiger charge is -2.43. The first-order valence-electron chi connectivity index (χ1n) is 33.7. The van der Waals surface area contributed by atoms with Crippen LogP contribution in [0.5, 0.6) is 0 Å². The first-order valence-corrected chi connectivity index (χ1v) is 33.7. The second-order valence-electron chi connectivity index (χ2n) is 25.9. The molecule has 6 aromatic rings. The van der Waals surface area contributed by atoms with Crippen LogP contribution in [0.15, 0.2) is 72.8 Å². The first-order chi connectivity index (χ1) is 43.9. The number of fused-ring (bicyclic) bond motifs is 4. The molecule has 6 aliphatic rings. The number of rotatable bonds is 24. The Balaban J connectivity index is 0.917. The molecule has 4 aliphatic heterocycles. The summed E-state index contributed by atoms with van der Waals surface area (Å²) in [4.78, 5) is 99.1. The number of quaternary nitrogens is 1. The Bertz CT molecular complexity index is 3570. The lowest BCUT2D eigenvalue weighted by molar-refractivity contribution is 0.0978. The molecule has 0 radical (unpaired) electrons. The van der Waals surface area contributed by atoms with Crippen molar-refractivity contribution in [2.75, 3.05) is 105 Å². The smallest absolute Gasteiger partial charge is 0.336 e. The van der Waals surface area contributed by atoms with Gasteiger partial charge in [0.15, 0.2) is 23.1 Å². The van der Waals surface area contributed by atoms with Crippen LogP contribution in [-0.4, -0.2) is 171 Å². The maximum atomic E-state index is 15.4. The molecule has 5 unspecified atom stereocenters. The largest absolute Gasteiger partial charge is 0.354 e. The maximum absolute atomic E-state index is 15.4. The number of piperidine rings is 4. The number of hydrogen-bond acceptors (Lipinski definition) is 19. The van der Waals surface area contributed by atoms with E-state index in [0.717, 1.165) is 90.9 Å². The van der Waals surface area contributed by atoms with Gasteiger partial charge in [-0.1, -0.05) is 86.8 Å². The molecule has 5 atom stereocenters. The molecule has 20 nitrogen and oxygen atoms in total. The van der Waals surface area contributed by atoms with E-state index in [4.69, 9.17) is 29.9 Å². The van der Waals surface area contributed by atoms with Crippen molar-refractivity contribution in [1.29, 1.82) is 0 Å². The molecule has 0 amide bonds. The Hall–Kier alpha value is -7.62. The van der Waals surface area contributed by atoms with Crippen molar-refractivity contribution in [3.8, 4) is 11.1 Å². The van der Waals surface area contributed by atoms with Crippen molar-refractivity contribution >= 4 is 70.2 Å². The number of anilines is 7. The van der Waals surface area contributed by atoms with E-state index in [2.05, 4.69) is 81.2 Å². The molecule has 6 N–H and O–H groups in total. The fourth-order valence-electron chi connectivity index (χ4n) is 14.8. The minimum atomic E-state index is -0.402. The van der Waals surface area contributed by atoms with Crippen molar-refractivity contribution in [2.24, 2.45) is 0 Å². The van der Waals surface area contributed by atoms with E-state index in [1.807, 2.05) is 0 Å². The summed E-state index contributed by atoms with van der Waals surface area (Å²) in [5.41, 5.74) is 2.63. The van der Waals surface area contributed by atoms with Crippen LogP contribution in [0, 0.1) is 0 Å². The van der Waals surface area contributed by atoms with Crippen LogP contribution in [0.1, 0.15) is 195 Å². The predicted octanol–water partition coefficient (Wildman–Crippen LogP) is 11.2. The zero-order chi connectivity index (χ0) is 62.3. The van der Waals surface area contributed by atoms with Crippen LogP contribution in [0.25, 0.3) is 11.1 Å². The van der Waals surface area contributed by atoms with Gasteiger partial charge in [-0.2, -0.15) is 19.9 Å². The van der Waals surface area contributed by atoms with E-state index in [-0.39, 0.29) is 74.0 Å². The number of carbonyl (C=O) groups is 4. The van der Waals surface area contributed by atoms with Gasteiger partial charge in [-0.25, -0.2) is 4.48 Å². The highest BCUT2D eigenvalue weighted by Crippen LogP contribution is 2.45. The van der Waals surface area contributed by atoms with Gasteiger partial charge in [0.1, 0.15) is 6.67 Å². The second-order valence-corrected chi connectivity index (χ2v) is 25.9. The number of aromatic nitrogens is 6. The molecule has 6 heterocycles. The van der Waals surface area contributed by atoms with Crippen molar-refractivity contribution in [3.05, 3.63) is 117 Å². The van der Waals surface area contributed by atoms with Crippen LogP contribution >= 0.6 is 0 Å². The van der Waals surface area contributed by atoms with Crippen molar-refractivity contribution in [3.63, 3.8) is 0 Å². The summed E-state index contributed by atoms with van der Waals surface area (Å²) in [6, 6.07) is 22.5. The Labute approximate surface area is 530 Å². The van der Waals surface area contributed by atoms with E-state index in [9.17, 15) is 0 Å². The van der Waals surface area contributed by atoms with Gasteiger partial charge in [0, 0.05) is 90.8 Å². The minimum Gasteiger partial charge on any atom is -0.354 e. The number of benzene rings is 4. The zero-order valence-corrected chi connectivity index (χ0v) is 53.4. The van der Waals surface area contributed by atoms with Crippen molar-refractivity contribution in [2.45, 2.75) is 155 Å². The second kappa shape index (κ2) is 28.3. The number of carbonyl (C=O) groups excluding carboxylic acids is 4. The Morgan fingerprint density at radius 3 is 1.22 bits per heavy atom. The van der Waals surface area contributed by atoms with Gasteiger partial charge < -0.3 is 41.3 Å². The maximum Gasteiger partial charge on any atom is 0.336 e. The molecule has 4 aromatic carbocycles. The SMILES string of the molecule is CCNC[N+]1(c2nc(NCCCN3CCCCC3C)nc(Nc3ccc(-c4ccc(Nc5nc(NCCCN6CCCCC6C)nc(NCCCN6CCCCC6C)n5)c5c4C(=O)c4ccccc4C5=O)c4c3C(=O)c3ccccc3C4=O)n2)CCCCC1C. The molecule has 90 heavy (non-hydrogen) atoms. The summed E-state index contributed by atoms with van der Waals surface area (Å²) >= 11 is 0. The topological polar surface area (TPSA) is 228 Å². The van der Waals surface area contributed by atoms with Crippen LogP contribution in [-0.2, 0) is 0 Å². The van der Waals surface area contributed by atoms with Crippen LogP contribution in [0.2, 0.25) is 0 Å². The fourth-order valence-corrected chi connectivity index (χ4v) is 14.8. The van der Waals surface area contributed by atoms with Gasteiger partial charge in [0.05, 0.1) is 35.1 Å². The van der Waals surface area contributed by atoms with Gasteiger partial charge in [-0.3, -0.25) is 24.5 Å². The highest BCUT2D eigenvalue weighted by atomic mass is 16.1. The summed E-state index contributed by atoms with van der Waals surface area (Å²) in [6.07, 6.45) is 16.9. The van der Waals surface area contributed by atoms with Gasteiger partial charge in [-0.15, -0.1) is 9.97 Å². The molecular weight excluding hydrogens is 1130 g/mol. The molecule has 2 aliphatic carbocycles. The fraction of sp³-hybridized carbons (Fsp3) is 0.514. The average Bonchev–Trinajstić information content (AvgIpc) is 0.814. The normalized spacial score (nSPS) is 22.1. The van der Waals surface area contributed by atoms with Gasteiger partial charge in [0.25, 0.3) is 0 Å². The standard InChI is InChI=1S/C70H90N16O4/c1-6-71-44-86(43-18-14-25-48(86)5)70-81-67(74-36-21-42-85-39-17-13-24-47(85)4)80-69(82-70)76-56-33-31-50(58-60(56)64(90)54-29-10-8-27-52(54)62(58)88)49-30-32-55(59-57(49)61(87)51-26-7-9-28-53(51)63(59)89)75-68-78-65(72-34-19-40-83-37-15-11-22-45(83)2)77-66(79-68)73-35-20-41-84-38-16-12-23-46(84)3/h7-10,26-33,45-48,71H,6,11-25,34-44H2,1-5H3,(H4-,72,73,74,75,76,77,78,79,80,81,82,87,88,89,90)/p+1. The third-order valence-corrected chi connectivity index (χ3v) is 20.0. The van der Waals surface area contributed by atoms with Crippen LogP contribution < -0.4 is 36.4 Å². The number of hydrogen-bond donors (Lipinski definition) is 6. The lowest BCUT2D eigenvalue weighted by atomic mass is 9.75. The number of nitrogens with zero attached hydrogens (tertiary/aromatic N) is 10. The predicted molar refractivity (Wildman–Crippen MR) is 357 cm³/mol. The highest BCUT2D eigenvalue weighted by molar-refractivity contribution is 6.35. The Kier molecular flexibility index (Phi) is 19.7. The molecule has 20 heteroatoms. The molecule has 0 saturated carbocycles. The van der Waals surface area contributed by atoms with Gasteiger partial charge in [-0.05, 0) is 154 Å². The number of ketones is 4. The van der Waals surface area contributed by atoms with E-state index < -0.39 is 11.6 Å². The first kappa shape index (κ1) is 62.6. The number of likely N-dealkylation sites (tertiary alicyclic amines) is 4. The van der Waals surface area contributed by atoms with E-state index in [0.29, 0.717) is 95.2 Å². The Morgan fingerprint density at radius 1 is 0.433 bits per heavy atom. The highest BCUT2D eigenvalue weighted by Gasteiger charge is 2.43. The third kappa shape index (κ3) is 13.3. The summed E-state index contributed by atoms with van der Waals surface area (Å²) in [6.45, 7) is 21.7. The van der Waals surface area contributed by atoms with Gasteiger partial charge >= 0.3 is 5.95 Å². The lowest BCUT2D eigenvalue weighted by Crippen LogP contribution is -2.63. The van der Waals surface area contributed by atoms with Crippen molar-refractivity contribution < 1.29 is 19.2 Å². The summed E-state index contributed by atoms with van der Waals surface area (Å²) < 4.78 is 0.513. The quantitative estimate of drug-likeness (QED) is 0.0244. The molecule has 12 rings (SSSR count).